The molecule has 8 heteroatoms. The normalized spacial score (nSPS) is 13.6. The Bertz CT molecular complexity index is 1470. The number of hydrogen-bond acceptors (Lipinski definition) is 4. The molecule has 3 aromatic rings. The molecule has 214 valence electrons. The van der Waals surface area contributed by atoms with Gasteiger partial charge in [0.15, 0.2) is 0 Å². The molecule has 41 heavy (non-hydrogen) atoms. The number of carbonyl (C=O) groups is 3. The summed E-state index contributed by atoms with van der Waals surface area (Å²) in [6, 6.07) is 15.5. The summed E-state index contributed by atoms with van der Waals surface area (Å²) in [5.41, 5.74) is 4.75. The fourth-order valence-corrected chi connectivity index (χ4v) is 5.27. The second kappa shape index (κ2) is 13.4. The largest absolute Gasteiger partial charge is 0.481 e. The first kappa shape index (κ1) is 29.7. The molecular weight excluding hydrogens is 523 g/mol. The molecule has 0 radical (unpaired) electrons. The van der Waals surface area contributed by atoms with Crippen LogP contribution in [0.3, 0.4) is 0 Å². The van der Waals surface area contributed by atoms with Gasteiger partial charge in [0.2, 0.25) is 0 Å². The SMILES string of the molecule is CC(C)c1c(C(=O)NC2=CCCC=C2)c(-c2ccccc2)c(-c2ccc(F)cc2)n1CCC(=O)C[C@@H](O)CC(=O)O. The van der Waals surface area contributed by atoms with Gasteiger partial charge < -0.3 is 20.1 Å². The molecule has 1 amide bonds. The first-order valence-electron chi connectivity index (χ1n) is 13.8. The lowest BCUT2D eigenvalue weighted by atomic mass is 9.94. The average Bonchev–Trinajstić information content (AvgIpc) is 3.28. The van der Waals surface area contributed by atoms with Crippen LogP contribution in [0, 0.1) is 5.82 Å². The fraction of sp³-hybridized carbons (Fsp3) is 0.303. The summed E-state index contributed by atoms with van der Waals surface area (Å²) in [7, 11) is 0. The molecule has 0 aliphatic heterocycles. The molecule has 1 atom stereocenters. The fourth-order valence-electron chi connectivity index (χ4n) is 5.27. The standard InChI is InChI=1S/C33H35FN2O5/c1-21(2)31-30(33(41)35-25-11-7-4-8-12-25)29(22-9-5-3-6-10-22)32(23-13-15-24(34)16-14-23)36(31)18-17-26(37)19-27(38)20-28(39)40/h3,5-7,9-16,21,27,38H,4,8,17-20H2,1-2H3,(H,35,41)(H,39,40)/t27-/m1/s1. The number of carbonyl (C=O) groups excluding carboxylic acids is 2. The number of amides is 1. The van der Waals surface area contributed by atoms with Gasteiger partial charge in [-0.2, -0.15) is 0 Å². The van der Waals surface area contributed by atoms with Gasteiger partial charge in [0.1, 0.15) is 11.6 Å². The minimum absolute atomic E-state index is 0.0163. The molecule has 1 heterocycles. The third-order valence-corrected chi connectivity index (χ3v) is 7.00. The van der Waals surface area contributed by atoms with Gasteiger partial charge in [0.25, 0.3) is 5.91 Å². The summed E-state index contributed by atoms with van der Waals surface area (Å²) in [5.74, 6) is -2.28. The quantitative estimate of drug-likeness (QED) is 0.244. The molecular formula is C33H35FN2O5. The molecule has 0 saturated heterocycles. The van der Waals surface area contributed by atoms with E-state index in [0.29, 0.717) is 28.1 Å². The second-order valence-electron chi connectivity index (χ2n) is 10.5. The van der Waals surface area contributed by atoms with E-state index in [1.807, 2.05) is 67.0 Å². The zero-order chi connectivity index (χ0) is 29.5. The van der Waals surface area contributed by atoms with Crippen LogP contribution in [-0.2, 0) is 16.1 Å². The number of allylic oxidation sites excluding steroid dienone is 3. The van der Waals surface area contributed by atoms with Gasteiger partial charge >= 0.3 is 5.97 Å². The van der Waals surface area contributed by atoms with Crippen molar-refractivity contribution >= 4 is 17.7 Å². The Kier molecular flexibility index (Phi) is 9.68. The molecule has 0 fully saturated rings. The number of Topliss-reactive ketones (excluding diaryl/α,β-unsaturated/α-hetero) is 1. The monoisotopic (exact) mass is 558 g/mol. The van der Waals surface area contributed by atoms with Gasteiger partial charge in [-0.1, -0.05) is 56.3 Å². The van der Waals surface area contributed by atoms with Crippen LogP contribution in [0.5, 0.6) is 0 Å². The summed E-state index contributed by atoms with van der Waals surface area (Å²) in [6.45, 7) is 4.14. The molecule has 0 spiro atoms. The average molecular weight is 559 g/mol. The Labute approximate surface area is 239 Å². The number of rotatable bonds is 12. The lowest BCUT2D eigenvalue weighted by Crippen LogP contribution is -2.24. The Morgan fingerprint density at radius 2 is 1.68 bits per heavy atom. The van der Waals surface area contributed by atoms with Crippen LogP contribution >= 0.6 is 0 Å². The first-order valence-corrected chi connectivity index (χ1v) is 13.8. The predicted octanol–water partition coefficient (Wildman–Crippen LogP) is 6.23. The molecule has 1 aliphatic rings. The Morgan fingerprint density at radius 1 is 0.976 bits per heavy atom. The molecule has 0 bridgehead atoms. The summed E-state index contributed by atoms with van der Waals surface area (Å²) in [5, 5.41) is 22.0. The number of aliphatic hydroxyl groups is 1. The van der Waals surface area contributed by atoms with E-state index in [-0.39, 0.29) is 37.0 Å². The highest BCUT2D eigenvalue weighted by Gasteiger charge is 2.31. The van der Waals surface area contributed by atoms with Crippen molar-refractivity contribution in [3.05, 3.63) is 95.6 Å². The number of ketones is 1. The Morgan fingerprint density at radius 3 is 2.29 bits per heavy atom. The number of benzene rings is 2. The topological polar surface area (TPSA) is 109 Å². The number of carboxylic acid groups (broad SMARTS) is 1. The number of halogens is 1. The van der Waals surface area contributed by atoms with Crippen LogP contribution in [0.1, 0.15) is 67.9 Å². The molecule has 4 rings (SSSR count). The highest BCUT2D eigenvalue weighted by Crippen LogP contribution is 2.42. The molecule has 7 nitrogen and oxygen atoms in total. The van der Waals surface area contributed by atoms with Crippen molar-refractivity contribution < 1.29 is 29.0 Å². The Balaban J connectivity index is 1.88. The minimum Gasteiger partial charge on any atom is -0.481 e. The lowest BCUT2D eigenvalue weighted by molar-refractivity contribution is -0.139. The smallest absolute Gasteiger partial charge is 0.305 e. The molecule has 0 saturated carbocycles. The van der Waals surface area contributed by atoms with E-state index in [0.717, 1.165) is 24.1 Å². The van der Waals surface area contributed by atoms with Crippen molar-refractivity contribution in [2.45, 2.75) is 64.5 Å². The van der Waals surface area contributed by atoms with Crippen LogP contribution < -0.4 is 5.32 Å². The minimum atomic E-state index is -1.27. The maximum atomic E-state index is 14.1. The van der Waals surface area contributed by atoms with Crippen LogP contribution in [0.25, 0.3) is 22.4 Å². The summed E-state index contributed by atoms with van der Waals surface area (Å²) >= 11 is 0. The second-order valence-corrected chi connectivity index (χ2v) is 10.5. The van der Waals surface area contributed by atoms with Crippen molar-refractivity contribution in [3.8, 4) is 22.4 Å². The van der Waals surface area contributed by atoms with E-state index in [9.17, 15) is 23.9 Å². The molecule has 1 aliphatic carbocycles. The summed E-state index contributed by atoms with van der Waals surface area (Å²) in [6.07, 6.45) is 5.56. The predicted molar refractivity (Wildman–Crippen MR) is 156 cm³/mol. The van der Waals surface area contributed by atoms with Gasteiger partial charge in [-0.25, -0.2) is 4.39 Å². The third-order valence-electron chi connectivity index (χ3n) is 7.00. The van der Waals surface area contributed by atoms with Crippen LogP contribution in [0.15, 0.2) is 78.5 Å². The van der Waals surface area contributed by atoms with Crippen LogP contribution in [-0.4, -0.2) is 38.5 Å². The first-order chi connectivity index (χ1) is 19.7. The lowest BCUT2D eigenvalue weighted by Gasteiger charge is -2.18. The van der Waals surface area contributed by atoms with Crippen molar-refractivity contribution in [1.82, 2.24) is 9.88 Å². The van der Waals surface area contributed by atoms with Crippen LogP contribution in [0.2, 0.25) is 0 Å². The van der Waals surface area contributed by atoms with Crippen molar-refractivity contribution in [2.75, 3.05) is 0 Å². The molecule has 1 aromatic heterocycles. The number of nitrogens with one attached hydrogen (secondary N) is 1. The number of nitrogens with zero attached hydrogens (tertiary/aromatic N) is 1. The number of hydrogen-bond donors (Lipinski definition) is 3. The zero-order valence-corrected chi connectivity index (χ0v) is 23.3. The van der Waals surface area contributed by atoms with Gasteiger partial charge in [-0.15, -0.1) is 0 Å². The van der Waals surface area contributed by atoms with E-state index >= 15 is 0 Å². The van der Waals surface area contributed by atoms with E-state index in [4.69, 9.17) is 5.11 Å². The van der Waals surface area contributed by atoms with Crippen molar-refractivity contribution in [2.24, 2.45) is 0 Å². The van der Waals surface area contributed by atoms with Gasteiger partial charge in [-0.3, -0.25) is 14.4 Å². The van der Waals surface area contributed by atoms with E-state index in [1.54, 1.807) is 12.1 Å². The van der Waals surface area contributed by atoms with Gasteiger partial charge in [0, 0.05) is 36.3 Å². The highest BCUT2D eigenvalue weighted by atomic mass is 19.1. The summed E-state index contributed by atoms with van der Waals surface area (Å²) in [4.78, 5) is 37.8. The maximum absolute atomic E-state index is 14.1. The summed E-state index contributed by atoms with van der Waals surface area (Å²) < 4.78 is 15.9. The van der Waals surface area contributed by atoms with Crippen molar-refractivity contribution in [1.29, 1.82) is 0 Å². The van der Waals surface area contributed by atoms with E-state index in [1.165, 1.54) is 12.1 Å². The zero-order valence-electron chi connectivity index (χ0n) is 23.3. The van der Waals surface area contributed by atoms with Crippen LogP contribution in [0.4, 0.5) is 4.39 Å². The highest BCUT2D eigenvalue weighted by molar-refractivity contribution is 6.07. The molecule has 3 N–H and O–H groups in total. The van der Waals surface area contributed by atoms with E-state index in [2.05, 4.69) is 5.32 Å². The van der Waals surface area contributed by atoms with Gasteiger partial charge in [-0.05, 0) is 60.2 Å². The number of carboxylic acids is 1. The van der Waals surface area contributed by atoms with E-state index < -0.39 is 24.3 Å². The number of aliphatic hydroxyl groups excluding tert-OH is 1. The Hall–Kier alpha value is -4.30. The molecule has 2 aromatic carbocycles. The van der Waals surface area contributed by atoms with Crippen molar-refractivity contribution in [3.63, 3.8) is 0 Å². The molecule has 0 unspecified atom stereocenters. The number of aliphatic carboxylic acids is 1. The third kappa shape index (κ3) is 7.27. The maximum Gasteiger partial charge on any atom is 0.305 e. The number of aromatic nitrogens is 1. The van der Waals surface area contributed by atoms with Gasteiger partial charge in [0.05, 0.1) is 23.8 Å².